The van der Waals surface area contributed by atoms with Gasteiger partial charge in [-0.1, -0.05) is 5.16 Å². The van der Waals surface area contributed by atoms with Crippen LogP contribution in [0.15, 0.2) is 16.0 Å². The molecule has 158 valence electrons. The van der Waals surface area contributed by atoms with E-state index in [9.17, 15) is 9.59 Å². The maximum Gasteiger partial charge on any atom is 0.290 e. The second-order valence-electron chi connectivity index (χ2n) is 6.64. The Labute approximate surface area is 172 Å². The average molecular weight is 423 g/mol. The second kappa shape index (κ2) is 11.1. The number of nitrogens with two attached hydrogens (primary N) is 1. The summed E-state index contributed by atoms with van der Waals surface area (Å²) >= 11 is 1.40. The van der Waals surface area contributed by atoms with Crippen LogP contribution in [0.25, 0.3) is 0 Å². The van der Waals surface area contributed by atoms with Crippen molar-refractivity contribution in [3.05, 3.63) is 28.6 Å². The number of amides is 2. The van der Waals surface area contributed by atoms with Crippen molar-refractivity contribution >= 4 is 34.8 Å². The lowest BCUT2D eigenvalue weighted by atomic mass is 9.96. The lowest BCUT2D eigenvalue weighted by molar-refractivity contribution is -0.132. The predicted octanol–water partition coefficient (Wildman–Crippen LogP) is 1.32. The molecule has 0 bridgehead atoms. The number of nitrogen functional groups attached to an aromatic ring is 1. The monoisotopic (exact) mass is 423 g/mol. The standard InChI is InChI=1S/C17H23N5O3S.CH2O2/c1-11-8-14(21-25-11)16(24)19-9-12-4-6-22(7-5-12)15(23)3-2-13-10-26-17(18)20-13;2-1-3/h8,10,12H,2-7,9H2,1H3,(H2,18,20)(H,19,24);1H,(H,2,3). The molecule has 1 aliphatic heterocycles. The summed E-state index contributed by atoms with van der Waals surface area (Å²) in [6.07, 6.45) is 2.84. The van der Waals surface area contributed by atoms with Crippen molar-refractivity contribution in [1.82, 2.24) is 20.4 Å². The normalized spacial score (nSPS) is 14.0. The number of hydrogen-bond acceptors (Lipinski definition) is 8. The van der Waals surface area contributed by atoms with Crippen LogP contribution in [0, 0.1) is 12.8 Å². The average Bonchev–Trinajstić information content (AvgIpc) is 3.33. The first kappa shape index (κ1) is 22.3. The number of thiazole rings is 1. The van der Waals surface area contributed by atoms with E-state index < -0.39 is 0 Å². The topological polar surface area (TPSA) is 152 Å². The summed E-state index contributed by atoms with van der Waals surface area (Å²) in [4.78, 5) is 38.7. The molecular formula is C18H25N5O5S. The van der Waals surface area contributed by atoms with E-state index in [0.29, 0.717) is 41.9 Å². The number of piperidine rings is 1. The van der Waals surface area contributed by atoms with Gasteiger partial charge in [-0.2, -0.15) is 0 Å². The summed E-state index contributed by atoms with van der Waals surface area (Å²) in [6.45, 7) is 3.54. The number of nitrogens with one attached hydrogen (secondary N) is 1. The Kier molecular flexibility index (Phi) is 8.59. The smallest absolute Gasteiger partial charge is 0.290 e. The zero-order valence-corrected chi connectivity index (χ0v) is 17.0. The van der Waals surface area contributed by atoms with Gasteiger partial charge in [0.1, 0.15) is 5.76 Å². The first-order chi connectivity index (χ1) is 13.9. The minimum atomic E-state index is -0.250. The molecule has 4 N–H and O–H groups in total. The number of carboxylic acid groups (broad SMARTS) is 1. The van der Waals surface area contributed by atoms with Crippen LogP contribution in [0.4, 0.5) is 5.13 Å². The Morgan fingerprint density at radius 3 is 2.69 bits per heavy atom. The minimum Gasteiger partial charge on any atom is -0.483 e. The third kappa shape index (κ3) is 7.18. The van der Waals surface area contributed by atoms with Crippen molar-refractivity contribution in [1.29, 1.82) is 0 Å². The number of aryl methyl sites for hydroxylation is 2. The summed E-state index contributed by atoms with van der Waals surface area (Å²) in [6, 6.07) is 1.62. The third-order valence-electron chi connectivity index (χ3n) is 4.54. The number of nitrogens with zero attached hydrogens (tertiary/aromatic N) is 3. The molecule has 1 fully saturated rings. The fourth-order valence-corrected chi connectivity index (χ4v) is 3.62. The molecule has 0 unspecified atom stereocenters. The molecule has 0 aliphatic carbocycles. The summed E-state index contributed by atoms with van der Waals surface area (Å²) in [5.41, 5.74) is 6.78. The van der Waals surface area contributed by atoms with Crippen molar-refractivity contribution in [2.24, 2.45) is 5.92 Å². The molecule has 10 nitrogen and oxygen atoms in total. The summed E-state index contributed by atoms with van der Waals surface area (Å²) < 4.78 is 4.91. The molecule has 1 saturated heterocycles. The first-order valence-electron chi connectivity index (χ1n) is 9.20. The number of carbonyl (C=O) groups excluding carboxylic acids is 2. The van der Waals surface area contributed by atoms with Crippen LogP contribution in [-0.4, -0.2) is 58.1 Å². The van der Waals surface area contributed by atoms with Gasteiger partial charge in [0, 0.05) is 37.5 Å². The highest BCUT2D eigenvalue weighted by Crippen LogP contribution is 2.18. The molecule has 0 radical (unpaired) electrons. The molecule has 11 heteroatoms. The highest BCUT2D eigenvalue weighted by Gasteiger charge is 2.23. The molecule has 0 spiro atoms. The van der Waals surface area contributed by atoms with Crippen LogP contribution < -0.4 is 11.1 Å². The van der Waals surface area contributed by atoms with E-state index in [1.807, 2.05) is 10.3 Å². The number of anilines is 1. The number of rotatable bonds is 6. The Bertz CT molecular complexity index is 813. The predicted molar refractivity (Wildman–Crippen MR) is 106 cm³/mol. The lowest BCUT2D eigenvalue weighted by Gasteiger charge is -2.32. The molecular weight excluding hydrogens is 398 g/mol. The molecule has 2 aromatic rings. The Morgan fingerprint density at radius 2 is 2.14 bits per heavy atom. The molecule has 1 aliphatic rings. The molecule has 3 rings (SSSR count). The zero-order valence-electron chi connectivity index (χ0n) is 16.2. The van der Waals surface area contributed by atoms with Gasteiger partial charge in [0.05, 0.1) is 5.69 Å². The highest BCUT2D eigenvalue weighted by molar-refractivity contribution is 7.13. The van der Waals surface area contributed by atoms with E-state index in [2.05, 4.69) is 15.5 Å². The lowest BCUT2D eigenvalue weighted by Crippen LogP contribution is -2.41. The van der Waals surface area contributed by atoms with Crippen molar-refractivity contribution in [3.63, 3.8) is 0 Å². The largest absolute Gasteiger partial charge is 0.483 e. The van der Waals surface area contributed by atoms with Crippen LogP contribution in [0.2, 0.25) is 0 Å². The van der Waals surface area contributed by atoms with Crippen LogP contribution in [0.1, 0.15) is 41.2 Å². The van der Waals surface area contributed by atoms with Gasteiger partial charge in [0.25, 0.3) is 12.4 Å². The molecule has 3 heterocycles. The molecule has 0 atom stereocenters. The number of likely N-dealkylation sites (tertiary alicyclic amines) is 1. The van der Waals surface area contributed by atoms with Crippen LogP contribution in [0.5, 0.6) is 0 Å². The van der Waals surface area contributed by atoms with E-state index in [4.69, 9.17) is 20.2 Å². The fourth-order valence-electron chi connectivity index (χ4n) is 3.02. The molecule has 0 saturated carbocycles. The quantitative estimate of drug-likeness (QED) is 0.588. The van der Waals surface area contributed by atoms with Gasteiger partial charge in [0.15, 0.2) is 10.8 Å². The van der Waals surface area contributed by atoms with Crippen molar-refractivity contribution in [3.8, 4) is 0 Å². The van der Waals surface area contributed by atoms with E-state index in [1.54, 1.807) is 13.0 Å². The summed E-state index contributed by atoms with van der Waals surface area (Å²) in [5, 5.41) is 15.9. The number of hydrogen-bond donors (Lipinski definition) is 3. The van der Waals surface area contributed by atoms with Gasteiger partial charge in [-0.15, -0.1) is 11.3 Å². The van der Waals surface area contributed by atoms with Gasteiger partial charge >= 0.3 is 0 Å². The minimum absolute atomic E-state index is 0.150. The van der Waals surface area contributed by atoms with Gasteiger partial charge < -0.3 is 25.6 Å². The summed E-state index contributed by atoms with van der Waals surface area (Å²) in [7, 11) is 0. The Balaban J connectivity index is 0.000000941. The maximum absolute atomic E-state index is 12.3. The molecule has 2 amide bonds. The van der Waals surface area contributed by atoms with E-state index in [1.165, 1.54) is 11.3 Å². The van der Waals surface area contributed by atoms with Crippen LogP contribution in [0.3, 0.4) is 0 Å². The van der Waals surface area contributed by atoms with Gasteiger partial charge in [-0.3, -0.25) is 14.4 Å². The second-order valence-corrected chi connectivity index (χ2v) is 7.53. The van der Waals surface area contributed by atoms with E-state index in [-0.39, 0.29) is 18.3 Å². The Hall–Kier alpha value is -2.95. The number of carbonyl (C=O) groups is 3. The SMILES string of the molecule is Cc1cc(C(=O)NCC2CCN(C(=O)CCc3csc(N)n3)CC2)no1.O=CO. The Morgan fingerprint density at radius 1 is 1.45 bits per heavy atom. The van der Waals surface area contributed by atoms with E-state index in [0.717, 1.165) is 31.6 Å². The van der Waals surface area contributed by atoms with Crippen LogP contribution >= 0.6 is 11.3 Å². The summed E-state index contributed by atoms with van der Waals surface area (Å²) in [5.74, 6) is 0.914. The first-order valence-corrected chi connectivity index (χ1v) is 10.1. The maximum atomic E-state index is 12.3. The fraction of sp³-hybridized carbons (Fsp3) is 0.500. The van der Waals surface area contributed by atoms with Gasteiger partial charge in [0.2, 0.25) is 5.91 Å². The van der Waals surface area contributed by atoms with Crippen molar-refractivity contribution < 1.29 is 24.0 Å². The van der Waals surface area contributed by atoms with Gasteiger partial charge in [-0.25, -0.2) is 4.98 Å². The zero-order chi connectivity index (χ0) is 21.2. The molecule has 0 aromatic carbocycles. The van der Waals surface area contributed by atoms with Crippen LogP contribution in [-0.2, 0) is 16.0 Å². The molecule has 2 aromatic heterocycles. The van der Waals surface area contributed by atoms with Gasteiger partial charge in [-0.05, 0) is 32.1 Å². The highest BCUT2D eigenvalue weighted by atomic mass is 32.1. The van der Waals surface area contributed by atoms with E-state index >= 15 is 0 Å². The third-order valence-corrected chi connectivity index (χ3v) is 5.27. The van der Waals surface area contributed by atoms with Crippen molar-refractivity contribution in [2.75, 3.05) is 25.4 Å². The van der Waals surface area contributed by atoms with Crippen molar-refractivity contribution in [2.45, 2.75) is 32.6 Å². The number of aromatic nitrogens is 2. The molecule has 29 heavy (non-hydrogen) atoms.